The summed E-state index contributed by atoms with van der Waals surface area (Å²) in [6.45, 7) is 4.51. The van der Waals surface area contributed by atoms with E-state index < -0.39 is 28.9 Å². The maximum absolute atomic E-state index is 13.5. The van der Waals surface area contributed by atoms with Crippen molar-refractivity contribution < 1.29 is 19.1 Å². The largest absolute Gasteiger partial charge is 0.505 e. The number of pyridine rings is 1. The zero-order chi connectivity index (χ0) is 23.3. The van der Waals surface area contributed by atoms with Gasteiger partial charge in [0.05, 0.1) is 22.6 Å². The fourth-order valence-corrected chi connectivity index (χ4v) is 4.47. The van der Waals surface area contributed by atoms with E-state index in [-0.39, 0.29) is 39.8 Å². The minimum absolute atomic E-state index is 0.00886. The second kappa shape index (κ2) is 7.98. The fraction of sp³-hybridized carbons (Fsp3) is 0.318. The summed E-state index contributed by atoms with van der Waals surface area (Å²) in [5.74, 6) is -1.91. The molecule has 0 bridgehead atoms. The zero-order valence-corrected chi connectivity index (χ0v) is 18.5. The van der Waals surface area contributed by atoms with Crippen LogP contribution in [0.25, 0.3) is 10.9 Å². The molecule has 168 valence electrons. The SMILES string of the molecule is CCN1C[C@H](C)n2c(c(O)c3c(=O)n(Cc4ccc(F)c(Cl)c4)cc(C(=O)NC)c32)C1=O. The number of carbonyl (C=O) groups is 2. The monoisotopic (exact) mass is 460 g/mol. The molecule has 1 aliphatic heterocycles. The Labute approximate surface area is 187 Å². The van der Waals surface area contributed by atoms with Gasteiger partial charge in [-0.3, -0.25) is 14.4 Å². The second-order valence-corrected chi connectivity index (χ2v) is 8.19. The standard InChI is InChI=1S/C22H22ClFN4O4/c1-4-26-8-11(2)28-17-13(20(30)25-3)10-27(9-12-5-6-15(24)14(23)7-12)21(31)16(17)19(29)18(28)22(26)32/h5-7,10-11,29H,4,8-9H2,1-3H3,(H,25,30)/t11-/m0/s1. The van der Waals surface area contributed by atoms with Crippen LogP contribution in [0.15, 0.2) is 29.2 Å². The normalized spacial score (nSPS) is 15.8. The number of hydrogen-bond donors (Lipinski definition) is 2. The van der Waals surface area contributed by atoms with Crippen molar-refractivity contribution in [1.29, 1.82) is 0 Å². The van der Waals surface area contributed by atoms with Gasteiger partial charge in [0.25, 0.3) is 17.4 Å². The molecule has 1 atom stereocenters. The van der Waals surface area contributed by atoms with Crippen molar-refractivity contribution in [3.63, 3.8) is 0 Å². The van der Waals surface area contributed by atoms with Crippen LogP contribution in [0.3, 0.4) is 0 Å². The van der Waals surface area contributed by atoms with Gasteiger partial charge >= 0.3 is 0 Å². The molecular formula is C22H22ClFN4O4. The molecular weight excluding hydrogens is 439 g/mol. The highest BCUT2D eigenvalue weighted by molar-refractivity contribution is 6.30. The molecule has 2 aromatic heterocycles. The number of likely N-dealkylation sites (N-methyl/N-ethyl adjacent to an activating group) is 1. The summed E-state index contributed by atoms with van der Waals surface area (Å²) in [6.07, 6.45) is 1.39. The maximum Gasteiger partial charge on any atom is 0.274 e. The Kier molecular flexibility index (Phi) is 5.46. The van der Waals surface area contributed by atoms with Crippen LogP contribution in [0.5, 0.6) is 5.75 Å². The van der Waals surface area contributed by atoms with Gasteiger partial charge in [-0.05, 0) is 31.5 Å². The van der Waals surface area contributed by atoms with Crippen LogP contribution >= 0.6 is 11.6 Å². The third kappa shape index (κ3) is 3.24. The average Bonchev–Trinajstić information content (AvgIpc) is 3.08. The first-order valence-electron chi connectivity index (χ1n) is 10.1. The van der Waals surface area contributed by atoms with Crippen LogP contribution < -0.4 is 10.9 Å². The van der Waals surface area contributed by atoms with Gasteiger partial charge in [0.2, 0.25) is 0 Å². The van der Waals surface area contributed by atoms with Gasteiger partial charge in [-0.25, -0.2) is 4.39 Å². The van der Waals surface area contributed by atoms with Gasteiger partial charge in [-0.2, -0.15) is 0 Å². The molecule has 3 heterocycles. The van der Waals surface area contributed by atoms with E-state index in [2.05, 4.69) is 5.32 Å². The lowest BCUT2D eigenvalue weighted by Gasteiger charge is -2.32. The summed E-state index contributed by atoms with van der Waals surface area (Å²) in [5, 5.41) is 13.3. The number of nitrogens with zero attached hydrogens (tertiary/aromatic N) is 3. The van der Waals surface area contributed by atoms with E-state index in [1.807, 2.05) is 13.8 Å². The van der Waals surface area contributed by atoms with Crippen molar-refractivity contribution >= 4 is 34.3 Å². The third-order valence-electron chi connectivity index (χ3n) is 5.80. The molecule has 8 nitrogen and oxygen atoms in total. The number of aromatic nitrogens is 2. The predicted octanol–water partition coefficient (Wildman–Crippen LogP) is 2.75. The summed E-state index contributed by atoms with van der Waals surface area (Å²) in [5.41, 5.74) is 0.306. The molecule has 3 aromatic rings. The molecule has 0 saturated heterocycles. The molecule has 1 aromatic carbocycles. The Bertz CT molecular complexity index is 1330. The number of hydrogen-bond acceptors (Lipinski definition) is 4. The summed E-state index contributed by atoms with van der Waals surface area (Å²) >= 11 is 5.86. The topological polar surface area (TPSA) is 96.6 Å². The van der Waals surface area contributed by atoms with Crippen molar-refractivity contribution in [2.24, 2.45) is 0 Å². The molecule has 4 rings (SSSR count). The second-order valence-electron chi connectivity index (χ2n) is 7.79. The maximum atomic E-state index is 13.5. The molecule has 0 saturated carbocycles. The van der Waals surface area contributed by atoms with Gasteiger partial charge < -0.3 is 24.5 Å². The molecule has 10 heteroatoms. The van der Waals surface area contributed by atoms with E-state index in [0.29, 0.717) is 18.7 Å². The first-order valence-corrected chi connectivity index (χ1v) is 10.5. The molecule has 0 fully saturated rings. The van der Waals surface area contributed by atoms with E-state index in [1.165, 1.54) is 36.0 Å². The quantitative estimate of drug-likeness (QED) is 0.625. The highest BCUT2D eigenvalue weighted by Gasteiger charge is 2.36. The van der Waals surface area contributed by atoms with Gasteiger partial charge in [0.15, 0.2) is 11.4 Å². The predicted molar refractivity (Wildman–Crippen MR) is 118 cm³/mol. The van der Waals surface area contributed by atoms with E-state index in [1.54, 1.807) is 9.47 Å². The Morgan fingerprint density at radius 1 is 1.34 bits per heavy atom. The van der Waals surface area contributed by atoms with Gasteiger partial charge in [0.1, 0.15) is 11.2 Å². The zero-order valence-electron chi connectivity index (χ0n) is 17.8. The lowest BCUT2D eigenvalue weighted by molar-refractivity contribution is 0.0685. The van der Waals surface area contributed by atoms with E-state index in [0.717, 1.165) is 0 Å². The summed E-state index contributed by atoms with van der Waals surface area (Å²) < 4.78 is 16.4. The number of amides is 2. The van der Waals surface area contributed by atoms with Gasteiger partial charge in [0, 0.05) is 32.4 Å². The molecule has 32 heavy (non-hydrogen) atoms. The molecule has 0 aliphatic carbocycles. The average molecular weight is 461 g/mol. The number of benzene rings is 1. The highest BCUT2D eigenvalue weighted by Crippen LogP contribution is 2.38. The third-order valence-corrected chi connectivity index (χ3v) is 6.09. The highest BCUT2D eigenvalue weighted by atomic mass is 35.5. The lowest BCUT2D eigenvalue weighted by Crippen LogP contribution is -2.42. The van der Waals surface area contributed by atoms with Crippen molar-refractivity contribution in [3.8, 4) is 5.75 Å². The molecule has 0 radical (unpaired) electrons. The molecule has 0 spiro atoms. The molecule has 1 aliphatic rings. The Hall–Kier alpha value is -3.33. The Morgan fingerprint density at radius 2 is 2.06 bits per heavy atom. The van der Waals surface area contributed by atoms with Gasteiger partial charge in [-0.15, -0.1) is 0 Å². The summed E-state index contributed by atoms with van der Waals surface area (Å²) in [7, 11) is 1.46. The van der Waals surface area contributed by atoms with Crippen LogP contribution in [-0.2, 0) is 6.54 Å². The number of nitrogens with one attached hydrogen (secondary N) is 1. The van der Waals surface area contributed by atoms with Crippen molar-refractivity contribution in [2.45, 2.75) is 26.4 Å². The van der Waals surface area contributed by atoms with Crippen LogP contribution in [0.4, 0.5) is 4.39 Å². The minimum Gasteiger partial charge on any atom is -0.505 e. The Morgan fingerprint density at radius 3 is 2.69 bits per heavy atom. The number of rotatable bonds is 4. The van der Waals surface area contributed by atoms with Crippen LogP contribution in [0.2, 0.25) is 5.02 Å². The van der Waals surface area contributed by atoms with E-state index in [4.69, 9.17) is 11.6 Å². The molecule has 2 amide bonds. The Balaban J connectivity index is 2.02. The van der Waals surface area contributed by atoms with Crippen molar-refractivity contribution in [3.05, 3.63) is 62.4 Å². The molecule has 0 unspecified atom stereocenters. The van der Waals surface area contributed by atoms with E-state index in [9.17, 15) is 23.9 Å². The van der Waals surface area contributed by atoms with E-state index >= 15 is 0 Å². The first kappa shape index (κ1) is 21.9. The summed E-state index contributed by atoms with van der Waals surface area (Å²) in [6, 6.07) is 3.80. The number of halogens is 2. The van der Waals surface area contributed by atoms with Crippen molar-refractivity contribution in [1.82, 2.24) is 19.4 Å². The minimum atomic E-state index is -0.588. The van der Waals surface area contributed by atoms with Crippen LogP contribution in [0.1, 0.15) is 46.3 Å². The number of fused-ring (bicyclic) bond motifs is 3. The van der Waals surface area contributed by atoms with Crippen molar-refractivity contribution in [2.75, 3.05) is 20.1 Å². The summed E-state index contributed by atoms with van der Waals surface area (Å²) in [4.78, 5) is 40.7. The van der Waals surface area contributed by atoms with Crippen LogP contribution in [-0.4, -0.2) is 51.1 Å². The number of aromatic hydroxyl groups is 1. The number of carbonyl (C=O) groups excluding carboxylic acids is 2. The van der Waals surface area contributed by atoms with Gasteiger partial charge in [-0.1, -0.05) is 17.7 Å². The smallest absolute Gasteiger partial charge is 0.274 e. The fourth-order valence-electron chi connectivity index (χ4n) is 4.27. The lowest BCUT2D eigenvalue weighted by atomic mass is 10.1. The first-order chi connectivity index (χ1) is 15.2. The van der Waals surface area contributed by atoms with Crippen LogP contribution in [0, 0.1) is 5.82 Å². The molecule has 2 N–H and O–H groups in total.